The molecule has 8 heteroatoms. The summed E-state index contributed by atoms with van der Waals surface area (Å²) < 4.78 is 0. The Hall–Kier alpha value is -2.25. The van der Waals surface area contributed by atoms with E-state index in [1.54, 1.807) is 0 Å². The van der Waals surface area contributed by atoms with Crippen LogP contribution in [0.15, 0.2) is 9.91 Å². The van der Waals surface area contributed by atoms with Gasteiger partial charge in [0.05, 0.1) is 0 Å². The first-order chi connectivity index (χ1) is 6.54. The molecule has 1 aromatic rings. The van der Waals surface area contributed by atoms with Gasteiger partial charge in [0.2, 0.25) is 11.8 Å². The van der Waals surface area contributed by atoms with E-state index in [0.29, 0.717) is 0 Å². The third-order valence-corrected chi connectivity index (χ3v) is 1.29. The Bertz CT molecular complexity index is 438. The van der Waals surface area contributed by atoms with E-state index in [0.717, 1.165) is 0 Å². The van der Waals surface area contributed by atoms with Crippen LogP contribution in [0.1, 0.15) is 6.92 Å². The van der Waals surface area contributed by atoms with Gasteiger partial charge in [0.25, 0.3) is 11.5 Å². The number of carbonyl (C=O) groups excluding carboxylic acids is 1. The van der Waals surface area contributed by atoms with Crippen molar-refractivity contribution in [1.82, 2.24) is 9.97 Å². The maximum atomic E-state index is 11.1. The van der Waals surface area contributed by atoms with Crippen LogP contribution in [0.3, 0.4) is 0 Å². The lowest BCUT2D eigenvalue weighted by atomic mass is 10.4. The van der Waals surface area contributed by atoms with Gasteiger partial charge in [-0.2, -0.15) is 4.98 Å². The number of rotatable bonds is 2. The van der Waals surface area contributed by atoms with Gasteiger partial charge in [-0.05, 0) is 0 Å². The van der Waals surface area contributed by atoms with Crippen molar-refractivity contribution >= 4 is 17.5 Å². The van der Waals surface area contributed by atoms with Crippen molar-refractivity contribution in [1.29, 1.82) is 5.53 Å². The van der Waals surface area contributed by atoms with Crippen molar-refractivity contribution in [3.63, 3.8) is 0 Å². The summed E-state index contributed by atoms with van der Waals surface area (Å²) in [6, 6.07) is 0. The fourth-order valence-electron chi connectivity index (χ4n) is 0.791. The van der Waals surface area contributed by atoms with Crippen LogP contribution in [-0.2, 0) is 4.79 Å². The van der Waals surface area contributed by atoms with E-state index in [4.69, 9.17) is 10.6 Å². The summed E-state index contributed by atoms with van der Waals surface area (Å²) in [5, 5.41) is 14.1. The molecule has 0 aliphatic heterocycles. The lowest BCUT2D eigenvalue weighted by Crippen LogP contribution is -2.18. The van der Waals surface area contributed by atoms with E-state index in [-0.39, 0.29) is 11.6 Å². The minimum Gasteiger partial charge on any atom is -0.492 e. The molecule has 1 heterocycles. The summed E-state index contributed by atoms with van der Waals surface area (Å²) in [7, 11) is 0. The van der Waals surface area contributed by atoms with E-state index >= 15 is 0 Å². The van der Waals surface area contributed by atoms with Crippen molar-refractivity contribution in [2.24, 2.45) is 5.11 Å². The smallest absolute Gasteiger partial charge is 0.280 e. The van der Waals surface area contributed by atoms with Crippen LogP contribution in [0, 0.1) is 5.53 Å². The molecule has 0 aromatic carbocycles. The SMILES string of the molecule is CC(=O)Nc1c(O)nc(N=N)[nH]c1=O. The number of hydrogen-bond acceptors (Lipinski definition) is 6. The number of H-pyrrole nitrogens is 1. The largest absolute Gasteiger partial charge is 0.492 e. The number of nitrogens with zero attached hydrogens (tertiary/aromatic N) is 2. The molecule has 14 heavy (non-hydrogen) atoms. The average molecular weight is 197 g/mol. The zero-order valence-corrected chi connectivity index (χ0v) is 7.16. The van der Waals surface area contributed by atoms with Crippen molar-refractivity contribution in [2.75, 3.05) is 5.32 Å². The molecule has 0 fully saturated rings. The minimum absolute atomic E-state index is 0.332. The lowest BCUT2D eigenvalue weighted by molar-refractivity contribution is -0.114. The van der Waals surface area contributed by atoms with Gasteiger partial charge in [-0.15, -0.1) is 5.11 Å². The van der Waals surface area contributed by atoms with Gasteiger partial charge in [0.15, 0.2) is 5.69 Å². The standard InChI is InChI=1S/C6H7N5O3/c1-2(12)8-3-4(13)9-6(11-7)10-5(3)14/h7H,1H3,(H,8,12)(H2,9,10,13,14). The Balaban J connectivity index is 3.25. The molecule has 0 unspecified atom stereocenters. The molecule has 0 aliphatic rings. The Kier molecular flexibility index (Phi) is 2.56. The molecular weight excluding hydrogens is 190 g/mol. The van der Waals surface area contributed by atoms with Gasteiger partial charge in [-0.3, -0.25) is 14.6 Å². The molecule has 74 valence electrons. The third-order valence-electron chi connectivity index (χ3n) is 1.29. The summed E-state index contributed by atoms with van der Waals surface area (Å²) in [5.74, 6) is -1.51. The predicted octanol–water partition coefficient (Wildman–Crippen LogP) is 0.0964. The fourth-order valence-corrected chi connectivity index (χ4v) is 0.791. The first kappa shape index (κ1) is 9.84. The topological polar surface area (TPSA) is 131 Å². The summed E-state index contributed by atoms with van der Waals surface area (Å²) in [6.07, 6.45) is 0. The first-order valence-corrected chi connectivity index (χ1v) is 3.53. The van der Waals surface area contributed by atoms with E-state index in [1.807, 2.05) is 0 Å². The van der Waals surface area contributed by atoms with Crippen LogP contribution in [-0.4, -0.2) is 21.0 Å². The number of amides is 1. The molecule has 4 N–H and O–H groups in total. The van der Waals surface area contributed by atoms with Gasteiger partial charge < -0.3 is 10.4 Å². The molecule has 0 bridgehead atoms. The summed E-state index contributed by atoms with van der Waals surface area (Å²) in [4.78, 5) is 27.2. The van der Waals surface area contributed by atoms with E-state index in [1.165, 1.54) is 6.92 Å². The number of carbonyl (C=O) groups is 1. The van der Waals surface area contributed by atoms with E-state index in [9.17, 15) is 9.59 Å². The second-order valence-corrected chi connectivity index (χ2v) is 2.38. The van der Waals surface area contributed by atoms with Gasteiger partial charge in [0, 0.05) is 6.92 Å². The summed E-state index contributed by atoms with van der Waals surface area (Å²) >= 11 is 0. The zero-order chi connectivity index (χ0) is 10.7. The first-order valence-electron chi connectivity index (χ1n) is 3.53. The number of aromatic nitrogens is 2. The molecule has 0 aliphatic carbocycles. The van der Waals surface area contributed by atoms with Crippen LogP contribution in [0.2, 0.25) is 0 Å². The van der Waals surface area contributed by atoms with Crippen LogP contribution >= 0.6 is 0 Å². The maximum Gasteiger partial charge on any atom is 0.280 e. The zero-order valence-electron chi connectivity index (χ0n) is 7.16. The Morgan fingerprint density at radius 1 is 1.71 bits per heavy atom. The summed E-state index contributed by atoms with van der Waals surface area (Å²) in [5.41, 5.74) is 5.42. The fraction of sp³-hybridized carbons (Fsp3) is 0.167. The predicted molar refractivity (Wildman–Crippen MR) is 45.6 cm³/mol. The maximum absolute atomic E-state index is 11.1. The van der Waals surface area contributed by atoms with Crippen molar-refractivity contribution < 1.29 is 9.90 Å². The number of nitrogens with one attached hydrogen (secondary N) is 3. The number of aromatic amines is 1. The second kappa shape index (κ2) is 3.64. The van der Waals surface area contributed by atoms with E-state index < -0.39 is 17.3 Å². The average Bonchev–Trinajstić information content (AvgIpc) is 2.10. The summed E-state index contributed by atoms with van der Waals surface area (Å²) in [6.45, 7) is 1.18. The van der Waals surface area contributed by atoms with Gasteiger partial charge in [-0.25, -0.2) is 5.53 Å². The number of aromatic hydroxyl groups is 1. The molecule has 1 amide bonds. The highest BCUT2D eigenvalue weighted by molar-refractivity contribution is 5.89. The molecule has 0 spiro atoms. The Morgan fingerprint density at radius 3 is 2.79 bits per heavy atom. The molecule has 0 radical (unpaired) electrons. The monoisotopic (exact) mass is 197 g/mol. The third kappa shape index (κ3) is 1.91. The highest BCUT2D eigenvalue weighted by Crippen LogP contribution is 2.16. The minimum atomic E-state index is -0.765. The molecule has 1 rings (SSSR count). The molecule has 8 nitrogen and oxygen atoms in total. The molecule has 0 saturated carbocycles. The van der Waals surface area contributed by atoms with Crippen molar-refractivity contribution in [2.45, 2.75) is 6.92 Å². The Morgan fingerprint density at radius 2 is 2.36 bits per heavy atom. The quantitative estimate of drug-likeness (QED) is 0.500. The van der Waals surface area contributed by atoms with Gasteiger partial charge in [0.1, 0.15) is 0 Å². The number of hydrogen-bond donors (Lipinski definition) is 4. The Labute approximate surface area is 77.5 Å². The molecular formula is C6H7N5O3. The van der Waals surface area contributed by atoms with Crippen molar-refractivity contribution in [3.8, 4) is 5.88 Å². The van der Waals surface area contributed by atoms with Crippen LogP contribution < -0.4 is 10.9 Å². The number of anilines is 1. The molecule has 0 saturated heterocycles. The lowest BCUT2D eigenvalue weighted by Gasteiger charge is -2.02. The highest BCUT2D eigenvalue weighted by Gasteiger charge is 2.11. The van der Waals surface area contributed by atoms with Gasteiger partial charge in [-0.1, -0.05) is 0 Å². The van der Waals surface area contributed by atoms with Crippen molar-refractivity contribution in [3.05, 3.63) is 10.4 Å². The second-order valence-electron chi connectivity index (χ2n) is 2.38. The normalized spacial score (nSPS) is 9.50. The van der Waals surface area contributed by atoms with Crippen LogP contribution in [0.25, 0.3) is 0 Å². The molecule has 0 atom stereocenters. The molecule has 1 aromatic heterocycles. The highest BCUT2D eigenvalue weighted by atomic mass is 16.3. The van der Waals surface area contributed by atoms with Crippen LogP contribution in [0.4, 0.5) is 11.6 Å². The van der Waals surface area contributed by atoms with Crippen LogP contribution in [0.5, 0.6) is 5.88 Å². The van der Waals surface area contributed by atoms with E-state index in [2.05, 4.69) is 20.4 Å². The van der Waals surface area contributed by atoms with Gasteiger partial charge >= 0.3 is 0 Å².